The molecule has 0 aliphatic rings. The first-order valence-corrected chi connectivity index (χ1v) is 11.9. The lowest BCUT2D eigenvalue weighted by atomic mass is 9.87. The first-order valence-electron chi connectivity index (χ1n) is 11.9. The lowest BCUT2D eigenvalue weighted by Gasteiger charge is -2.20. The van der Waals surface area contributed by atoms with Crippen LogP contribution in [0.15, 0.2) is 72.8 Å². The van der Waals surface area contributed by atoms with E-state index in [4.69, 9.17) is 4.74 Å². The molecule has 1 unspecified atom stereocenters. The van der Waals surface area contributed by atoms with E-state index in [-0.39, 0.29) is 22.6 Å². The number of rotatable bonds is 6. The normalized spacial score (nSPS) is 12.5. The van der Waals surface area contributed by atoms with E-state index in [1.165, 1.54) is 11.1 Å². The van der Waals surface area contributed by atoms with Crippen LogP contribution in [0.1, 0.15) is 70.0 Å². The van der Waals surface area contributed by atoms with Gasteiger partial charge in [-0.3, -0.25) is 9.59 Å². The molecule has 3 rings (SSSR count). The molecule has 35 heavy (non-hydrogen) atoms. The Hall–Kier alpha value is -3.60. The van der Waals surface area contributed by atoms with Crippen LogP contribution in [-0.4, -0.2) is 17.9 Å². The zero-order valence-electron chi connectivity index (χ0n) is 21.7. The van der Waals surface area contributed by atoms with E-state index in [9.17, 15) is 9.59 Å². The molecule has 0 saturated heterocycles. The molecule has 0 aliphatic heterocycles. The lowest BCUT2D eigenvalue weighted by molar-refractivity contribution is -0.122. The van der Waals surface area contributed by atoms with E-state index in [0.29, 0.717) is 22.7 Å². The maximum atomic E-state index is 12.6. The van der Waals surface area contributed by atoms with Crippen LogP contribution in [0.3, 0.4) is 0 Å². The predicted molar refractivity (Wildman–Crippen MR) is 143 cm³/mol. The molecule has 0 fully saturated rings. The topological polar surface area (TPSA) is 67.4 Å². The molecule has 2 N–H and O–H groups in total. The first kappa shape index (κ1) is 26.0. The minimum atomic E-state index is -0.661. The number of carbonyl (C=O) groups excluding carboxylic acids is 2. The molecule has 184 valence electrons. The van der Waals surface area contributed by atoms with Crippen molar-refractivity contribution >= 4 is 23.2 Å². The maximum Gasteiger partial charge on any atom is 0.265 e. The predicted octanol–water partition coefficient (Wildman–Crippen LogP) is 6.94. The van der Waals surface area contributed by atoms with Crippen molar-refractivity contribution in [1.82, 2.24) is 0 Å². The summed E-state index contributed by atoms with van der Waals surface area (Å²) in [6.07, 6.45) is -0.661. The molecular weight excluding hydrogens is 436 g/mol. The summed E-state index contributed by atoms with van der Waals surface area (Å²) in [6.45, 7) is 14.6. The summed E-state index contributed by atoms with van der Waals surface area (Å²) >= 11 is 0. The first-order chi connectivity index (χ1) is 16.3. The van der Waals surface area contributed by atoms with Gasteiger partial charge in [0, 0.05) is 16.9 Å². The summed E-state index contributed by atoms with van der Waals surface area (Å²) in [4.78, 5) is 25.2. The number of ether oxygens (including phenoxy) is 1. The van der Waals surface area contributed by atoms with Gasteiger partial charge in [-0.25, -0.2) is 0 Å². The summed E-state index contributed by atoms with van der Waals surface area (Å²) in [5, 5.41) is 5.74. The minimum Gasteiger partial charge on any atom is -0.481 e. The van der Waals surface area contributed by atoms with Gasteiger partial charge in [-0.15, -0.1) is 0 Å². The SMILES string of the molecule is CC(Oc1ccc(C(C)(C)C)cc1)C(=O)Nc1ccc(NC(=O)c2ccc(C(C)(C)C)cc2)cc1. The number of hydrogen-bond donors (Lipinski definition) is 2. The third-order valence-electron chi connectivity index (χ3n) is 5.83. The molecule has 0 saturated carbocycles. The van der Waals surface area contributed by atoms with Crippen LogP contribution in [0.4, 0.5) is 11.4 Å². The monoisotopic (exact) mass is 472 g/mol. The van der Waals surface area contributed by atoms with E-state index < -0.39 is 6.10 Å². The van der Waals surface area contributed by atoms with Crippen molar-refractivity contribution < 1.29 is 14.3 Å². The number of benzene rings is 3. The smallest absolute Gasteiger partial charge is 0.265 e. The highest BCUT2D eigenvalue weighted by Gasteiger charge is 2.17. The Balaban J connectivity index is 1.54. The van der Waals surface area contributed by atoms with Crippen molar-refractivity contribution in [1.29, 1.82) is 0 Å². The average molecular weight is 473 g/mol. The molecule has 0 radical (unpaired) electrons. The van der Waals surface area contributed by atoms with Gasteiger partial charge in [0.25, 0.3) is 11.8 Å². The van der Waals surface area contributed by atoms with Gasteiger partial charge >= 0.3 is 0 Å². The van der Waals surface area contributed by atoms with Crippen LogP contribution >= 0.6 is 0 Å². The summed E-state index contributed by atoms with van der Waals surface area (Å²) < 4.78 is 5.80. The Bertz CT molecular complexity index is 1150. The van der Waals surface area contributed by atoms with Crippen LogP contribution in [-0.2, 0) is 15.6 Å². The van der Waals surface area contributed by atoms with E-state index in [2.05, 4.69) is 52.2 Å². The van der Waals surface area contributed by atoms with E-state index in [1.807, 2.05) is 48.5 Å². The molecule has 0 aromatic heterocycles. The lowest BCUT2D eigenvalue weighted by Crippen LogP contribution is -2.30. The molecule has 1 atom stereocenters. The molecule has 3 aromatic carbocycles. The Labute approximate surface area is 208 Å². The van der Waals surface area contributed by atoms with E-state index >= 15 is 0 Å². The molecule has 3 aromatic rings. The Morgan fingerprint density at radius 2 is 1.09 bits per heavy atom. The number of nitrogens with one attached hydrogen (secondary N) is 2. The number of hydrogen-bond acceptors (Lipinski definition) is 3. The Morgan fingerprint density at radius 1 is 0.657 bits per heavy atom. The molecule has 0 aliphatic carbocycles. The largest absolute Gasteiger partial charge is 0.481 e. The van der Waals surface area contributed by atoms with Gasteiger partial charge < -0.3 is 15.4 Å². The Kier molecular flexibility index (Phi) is 7.69. The van der Waals surface area contributed by atoms with E-state index in [1.54, 1.807) is 31.2 Å². The molecule has 2 amide bonds. The van der Waals surface area contributed by atoms with Crippen LogP contribution in [0.5, 0.6) is 5.75 Å². The van der Waals surface area contributed by atoms with Crippen LogP contribution in [0.2, 0.25) is 0 Å². The van der Waals surface area contributed by atoms with Gasteiger partial charge in [0.1, 0.15) is 5.75 Å². The van der Waals surface area contributed by atoms with Gasteiger partial charge in [-0.2, -0.15) is 0 Å². The standard InChI is InChI=1S/C30H36N2O3/c1-20(35-26-18-12-23(13-19-26)30(5,6)7)27(33)31-24-14-16-25(17-15-24)32-28(34)21-8-10-22(11-9-21)29(2,3)4/h8-20H,1-7H3,(H,31,33)(H,32,34). The fraction of sp³-hybridized carbons (Fsp3) is 0.333. The minimum absolute atomic E-state index is 0.0364. The van der Waals surface area contributed by atoms with Crippen molar-refractivity contribution in [3.8, 4) is 5.75 Å². The van der Waals surface area contributed by atoms with Crippen molar-refractivity contribution in [2.45, 2.75) is 65.4 Å². The average Bonchev–Trinajstić information content (AvgIpc) is 2.79. The summed E-state index contributed by atoms with van der Waals surface area (Å²) in [6, 6.07) is 22.5. The third-order valence-corrected chi connectivity index (χ3v) is 5.83. The molecule has 5 nitrogen and oxygen atoms in total. The number of amides is 2. The molecule has 0 bridgehead atoms. The number of carbonyl (C=O) groups is 2. The molecule has 5 heteroatoms. The maximum absolute atomic E-state index is 12.6. The van der Waals surface area contributed by atoms with Gasteiger partial charge in [0.15, 0.2) is 6.10 Å². The van der Waals surface area contributed by atoms with Crippen molar-refractivity contribution in [2.75, 3.05) is 10.6 Å². The fourth-order valence-corrected chi connectivity index (χ4v) is 3.50. The molecular formula is C30H36N2O3. The van der Waals surface area contributed by atoms with Crippen LogP contribution in [0, 0.1) is 0 Å². The highest BCUT2D eigenvalue weighted by molar-refractivity contribution is 6.04. The van der Waals surface area contributed by atoms with Gasteiger partial charge in [-0.05, 0) is 77.4 Å². The van der Waals surface area contributed by atoms with Crippen molar-refractivity contribution in [3.63, 3.8) is 0 Å². The second kappa shape index (κ2) is 10.3. The van der Waals surface area contributed by atoms with Crippen molar-refractivity contribution in [2.24, 2.45) is 0 Å². The zero-order chi connectivity index (χ0) is 25.8. The second-order valence-corrected chi connectivity index (χ2v) is 10.9. The van der Waals surface area contributed by atoms with Gasteiger partial charge in [0.2, 0.25) is 0 Å². The molecule has 0 heterocycles. The second-order valence-electron chi connectivity index (χ2n) is 10.9. The highest BCUT2D eigenvalue weighted by atomic mass is 16.5. The quantitative estimate of drug-likeness (QED) is 0.408. The van der Waals surface area contributed by atoms with E-state index in [0.717, 1.165) is 0 Å². The Morgan fingerprint density at radius 3 is 1.54 bits per heavy atom. The fourth-order valence-electron chi connectivity index (χ4n) is 3.50. The van der Waals surface area contributed by atoms with Gasteiger partial charge in [-0.1, -0.05) is 65.8 Å². The van der Waals surface area contributed by atoms with Crippen molar-refractivity contribution in [3.05, 3.63) is 89.5 Å². The summed E-state index contributed by atoms with van der Waals surface area (Å²) in [5.74, 6) is 0.219. The summed E-state index contributed by atoms with van der Waals surface area (Å²) in [7, 11) is 0. The zero-order valence-corrected chi connectivity index (χ0v) is 21.7. The third kappa shape index (κ3) is 7.19. The van der Waals surface area contributed by atoms with Crippen LogP contribution in [0.25, 0.3) is 0 Å². The highest BCUT2D eigenvalue weighted by Crippen LogP contribution is 2.25. The molecule has 0 spiro atoms. The van der Waals surface area contributed by atoms with Crippen LogP contribution < -0.4 is 15.4 Å². The summed E-state index contributed by atoms with van der Waals surface area (Å²) in [5.41, 5.74) is 4.35. The van der Waals surface area contributed by atoms with Gasteiger partial charge in [0.05, 0.1) is 0 Å². The number of anilines is 2.